The highest BCUT2D eigenvalue weighted by Crippen LogP contribution is 2.26. The molecular formula is C13H15Cl2NO. The number of hydrogen-bond donors (Lipinski definition) is 1. The van der Waals surface area contributed by atoms with Crippen molar-refractivity contribution in [2.24, 2.45) is 0 Å². The fourth-order valence-corrected chi connectivity index (χ4v) is 2.08. The zero-order valence-corrected chi connectivity index (χ0v) is 11.0. The molecule has 1 saturated carbocycles. The van der Waals surface area contributed by atoms with Gasteiger partial charge in [-0.3, -0.25) is 4.79 Å². The van der Waals surface area contributed by atoms with Crippen LogP contribution in [0.3, 0.4) is 0 Å². The van der Waals surface area contributed by atoms with E-state index < -0.39 is 0 Å². The molecule has 0 heterocycles. The SMILES string of the molecule is O=C(CCNC1CC1)Cc1cccc(Cl)c1Cl. The molecule has 92 valence electrons. The summed E-state index contributed by atoms with van der Waals surface area (Å²) in [6.45, 7) is 0.766. The maximum absolute atomic E-state index is 11.7. The Labute approximate surface area is 111 Å². The molecule has 1 fully saturated rings. The summed E-state index contributed by atoms with van der Waals surface area (Å²) in [5.74, 6) is 0.197. The zero-order valence-electron chi connectivity index (χ0n) is 9.51. The molecule has 0 atom stereocenters. The molecule has 1 N–H and O–H groups in total. The second-order valence-electron chi connectivity index (χ2n) is 4.41. The molecule has 0 amide bonds. The Bertz CT molecular complexity index is 416. The van der Waals surface area contributed by atoms with Crippen molar-refractivity contribution in [1.82, 2.24) is 5.32 Å². The quantitative estimate of drug-likeness (QED) is 0.861. The molecule has 2 rings (SSSR count). The van der Waals surface area contributed by atoms with Crippen LogP contribution >= 0.6 is 23.2 Å². The number of Topliss-reactive ketones (excluding diaryl/α,β-unsaturated/α-hetero) is 1. The van der Waals surface area contributed by atoms with Crippen molar-refractivity contribution in [2.45, 2.75) is 31.7 Å². The first-order valence-corrected chi connectivity index (χ1v) is 6.60. The van der Waals surface area contributed by atoms with Crippen molar-refractivity contribution in [1.29, 1.82) is 0 Å². The average Bonchev–Trinajstić information content (AvgIpc) is 3.09. The van der Waals surface area contributed by atoms with Crippen LogP contribution in [0.5, 0.6) is 0 Å². The summed E-state index contributed by atoms with van der Waals surface area (Å²) in [6.07, 6.45) is 3.41. The Morgan fingerprint density at radius 2 is 2.12 bits per heavy atom. The van der Waals surface area contributed by atoms with E-state index in [1.165, 1.54) is 12.8 Å². The lowest BCUT2D eigenvalue weighted by atomic mass is 10.1. The standard InChI is InChI=1S/C13H15Cl2NO/c14-12-3-1-2-9(13(12)15)8-11(17)6-7-16-10-4-5-10/h1-3,10,16H,4-8H2. The van der Waals surface area contributed by atoms with Gasteiger partial charge in [-0.1, -0.05) is 35.3 Å². The van der Waals surface area contributed by atoms with Gasteiger partial charge in [0.25, 0.3) is 0 Å². The van der Waals surface area contributed by atoms with Gasteiger partial charge in [-0.05, 0) is 24.5 Å². The van der Waals surface area contributed by atoms with E-state index >= 15 is 0 Å². The van der Waals surface area contributed by atoms with Gasteiger partial charge < -0.3 is 5.32 Å². The second kappa shape index (κ2) is 5.85. The van der Waals surface area contributed by atoms with Crippen LogP contribution in [-0.2, 0) is 11.2 Å². The molecule has 4 heteroatoms. The summed E-state index contributed by atoms with van der Waals surface area (Å²) in [5, 5.41) is 4.32. The highest BCUT2D eigenvalue weighted by molar-refractivity contribution is 6.42. The molecule has 0 radical (unpaired) electrons. The van der Waals surface area contributed by atoms with Crippen LogP contribution in [0.1, 0.15) is 24.8 Å². The predicted molar refractivity (Wildman–Crippen MR) is 70.8 cm³/mol. The average molecular weight is 272 g/mol. The molecule has 0 aliphatic heterocycles. The Morgan fingerprint density at radius 1 is 1.35 bits per heavy atom. The Hall–Kier alpha value is -0.570. The van der Waals surface area contributed by atoms with Gasteiger partial charge in [0.05, 0.1) is 10.0 Å². The van der Waals surface area contributed by atoms with Crippen molar-refractivity contribution in [3.8, 4) is 0 Å². The zero-order chi connectivity index (χ0) is 12.3. The van der Waals surface area contributed by atoms with E-state index in [1.54, 1.807) is 6.07 Å². The van der Waals surface area contributed by atoms with Crippen LogP contribution in [0, 0.1) is 0 Å². The largest absolute Gasteiger partial charge is 0.314 e. The van der Waals surface area contributed by atoms with Crippen LogP contribution in [-0.4, -0.2) is 18.4 Å². The number of halogens is 2. The minimum atomic E-state index is 0.197. The molecule has 0 unspecified atom stereocenters. The van der Waals surface area contributed by atoms with Crippen LogP contribution in [0.4, 0.5) is 0 Å². The summed E-state index contributed by atoms with van der Waals surface area (Å²) in [6, 6.07) is 6.05. The summed E-state index contributed by atoms with van der Waals surface area (Å²) in [7, 11) is 0. The number of hydrogen-bond acceptors (Lipinski definition) is 2. The number of ketones is 1. The van der Waals surface area contributed by atoms with E-state index in [4.69, 9.17) is 23.2 Å². The molecule has 0 aromatic heterocycles. The maximum Gasteiger partial charge on any atom is 0.138 e. The van der Waals surface area contributed by atoms with Gasteiger partial charge in [-0.2, -0.15) is 0 Å². The molecule has 1 aliphatic carbocycles. The third-order valence-electron chi connectivity index (χ3n) is 2.83. The van der Waals surface area contributed by atoms with Gasteiger partial charge in [0.15, 0.2) is 0 Å². The molecule has 1 aliphatic rings. The summed E-state index contributed by atoms with van der Waals surface area (Å²) < 4.78 is 0. The van der Waals surface area contributed by atoms with Crippen molar-refractivity contribution >= 4 is 29.0 Å². The lowest BCUT2D eigenvalue weighted by Crippen LogP contribution is -2.20. The van der Waals surface area contributed by atoms with Gasteiger partial charge in [0.2, 0.25) is 0 Å². The van der Waals surface area contributed by atoms with Crippen LogP contribution in [0.2, 0.25) is 10.0 Å². The van der Waals surface area contributed by atoms with Crippen LogP contribution in [0.25, 0.3) is 0 Å². The first-order chi connectivity index (χ1) is 8.16. The van der Waals surface area contributed by atoms with Gasteiger partial charge >= 0.3 is 0 Å². The lowest BCUT2D eigenvalue weighted by molar-refractivity contribution is -0.118. The summed E-state index contributed by atoms with van der Waals surface area (Å²) >= 11 is 11.9. The fourth-order valence-electron chi connectivity index (χ4n) is 1.69. The smallest absolute Gasteiger partial charge is 0.138 e. The second-order valence-corrected chi connectivity index (χ2v) is 5.19. The highest BCUT2D eigenvalue weighted by atomic mass is 35.5. The normalized spacial score (nSPS) is 14.9. The van der Waals surface area contributed by atoms with E-state index in [9.17, 15) is 4.79 Å². The van der Waals surface area contributed by atoms with Crippen molar-refractivity contribution in [2.75, 3.05) is 6.54 Å². The molecule has 1 aromatic rings. The van der Waals surface area contributed by atoms with Gasteiger partial charge in [0.1, 0.15) is 5.78 Å². The molecule has 17 heavy (non-hydrogen) atoms. The third-order valence-corrected chi connectivity index (χ3v) is 3.69. The number of rotatable bonds is 6. The molecule has 0 spiro atoms. The van der Waals surface area contributed by atoms with E-state index in [0.717, 1.165) is 12.1 Å². The third kappa shape index (κ3) is 3.98. The lowest BCUT2D eigenvalue weighted by Gasteiger charge is -2.05. The molecular weight excluding hydrogens is 257 g/mol. The van der Waals surface area contributed by atoms with Crippen molar-refractivity contribution < 1.29 is 4.79 Å². The highest BCUT2D eigenvalue weighted by Gasteiger charge is 2.20. The minimum absolute atomic E-state index is 0.197. The number of carbonyl (C=O) groups excluding carboxylic acids is 1. The molecule has 0 saturated heterocycles. The van der Waals surface area contributed by atoms with Crippen molar-refractivity contribution in [3.63, 3.8) is 0 Å². The number of carbonyl (C=O) groups is 1. The minimum Gasteiger partial charge on any atom is -0.314 e. The summed E-state index contributed by atoms with van der Waals surface area (Å²) in [5.41, 5.74) is 0.815. The van der Waals surface area contributed by atoms with Gasteiger partial charge in [-0.15, -0.1) is 0 Å². The Kier molecular flexibility index (Phi) is 4.43. The monoisotopic (exact) mass is 271 g/mol. The Balaban J connectivity index is 1.82. The molecule has 0 bridgehead atoms. The predicted octanol–water partition coefficient (Wildman–Crippen LogP) is 3.25. The van der Waals surface area contributed by atoms with E-state index in [2.05, 4.69) is 5.32 Å². The fraction of sp³-hybridized carbons (Fsp3) is 0.462. The summed E-state index contributed by atoms with van der Waals surface area (Å²) in [4.78, 5) is 11.7. The van der Waals surface area contributed by atoms with E-state index in [-0.39, 0.29) is 5.78 Å². The van der Waals surface area contributed by atoms with E-state index in [0.29, 0.717) is 28.9 Å². The first kappa shape index (κ1) is 12.9. The topological polar surface area (TPSA) is 29.1 Å². The number of nitrogens with one attached hydrogen (secondary N) is 1. The molecule has 1 aromatic carbocycles. The molecule has 2 nitrogen and oxygen atoms in total. The van der Waals surface area contributed by atoms with E-state index in [1.807, 2.05) is 12.1 Å². The van der Waals surface area contributed by atoms with Crippen molar-refractivity contribution in [3.05, 3.63) is 33.8 Å². The number of benzene rings is 1. The first-order valence-electron chi connectivity index (χ1n) is 5.85. The van der Waals surface area contributed by atoms with Gasteiger partial charge in [-0.25, -0.2) is 0 Å². The Morgan fingerprint density at radius 3 is 2.82 bits per heavy atom. The maximum atomic E-state index is 11.7. The van der Waals surface area contributed by atoms with Crippen LogP contribution < -0.4 is 5.32 Å². The van der Waals surface area contributed by atoms with Crippen LogP contribution in [0.15, 0.2) is 18.2 Å². The van der Waals surface area contributed by atoms with Gasteiger partial charge in [0, 0.05) is 25.4 Å².